The molecular formula is C11H12F3NO. The summed E-state index contributed by atoms with van der Waals surface area (Å²) in [6.45, 7) is -2.84. The lowest BCUT2D eigenvalue weighted by Crippen LogP contribution is -2.39. The monoisotopic (exact) mass is 231 g/mol. The van der Waals surface area contributed by atoms with Crippen LogP contribution in [0.2, 0.25) is 0 Å². The van der Waals surface area contributed by atoms with Crippen molar-refractivity contribution in [3.63, 3.8) is 0 Å². The van der Waals surface area contributed by atoms with Gasteiger partial charge in [0, 0.05) is 11.8 Å². The number of halogens is 3. The number of anilines is 1. The zero-order valence-corrected chi connectivity index (χ0v) is 8.50. The zero-order valence-electron chi connectivity index (χ0n) is 8.50. The van der Waals surface area contributed by atoms with Gasteiger partial charge in [0.25, 0.3) is 0 Å². The molecule has 2 unspecified atom stereocenters. The van der Waals surface area contributed by atoms with Gasteiger partial charge < -0.3 is 10.1 Å². The summed E-state index contributed by atoms with van der Waals surface area (Å²) in [7, 11) is 0. The quantitative estimate of drug-likeness (QED) is 0.859. The van der Waals surface area contributed by atoms with Crippen molar-refractivity contribution in [2.24, 2.45) is 0 Å². The molecule has 0 heterocycles. The molecule has 2 rings (SSSR count). The van der Waals surface area contributed by atoms with Gasteiger partial charge in [0.15, 0.2) is 0 Å². The Morgan fingerprint density at radius 2 is 2.12 bits per heavy atom. The van der Waals surface area contributed by atoms with Gasteiger partial charge in [-0.3, -0.25) is 0 Å². The number of rotatable bonds is 4. The largest absolute Gasteiger partial charge is 0.435 e. The Labute approximate surface area is 91.4 Å². The molecule has 0 radical (unpaired) electrons. The van der Waals surface area contributed by atoms with E-state index in [-0.39, 0.29) is 11.8 Å². The molecule has 2 atom stereocenters. The summed E-state index contributed by atoms with van der Waals surface area (Å²) in [6.07, 6.45) is 0.478. The molecule has 0 aromatic heterocycles. The highest BCUT2D eigenvalue weighted by Gasteiger charge is 2.30. The number of alkyl halides is 3. The molecule has 1 aliphatic carbocycles. The maximum atomic E-state index is 13.0. The first-order valence-electron chi connectivity index (χ1n) is 5.10. The molecule has 1 aromatic rings. The minimum atomic E-state index is -2.84. The van der Waals surface area contributed by atoms with Crippen LogP contribution in [0, 0.1) is 0 Å². The Bertz CT molecular complexity index is 359. The van der Waals surface area contributed by atoms with E-state index in [1.165, 1.54) is 12.1 Å². The van der Waals surface area contributed by atoms with E-state index < -0.39 is 12.8 Å². The molecule has 0 amide bonds. The summed E-state index contributed by atoms with van der Waals surface area (Å²) < 4.78 is 41.1. The normalized spacial score (nSPS) is 24.0. The number of hydrogen-bond donors (Lipinski definition) is 1. The molecule has 0 saturated heterocycles. The van der Waals surface area contributed by atoms with Crippen LogP contribution in [0.15, 0.2) is 24.3 Å². The van der Waals surface area contributed by atoms with Crippen molar-refractivity contribution >= 4 is 5.69 Å². The predicted molar refractivity (Wildman–Crippen MR) is 54.6 cm³/mol. The van der Waals surface area contributed by atoms with E-state index in [9.17, 15) is 13.2 Å². The number of hydrogen-bond acceptors (Lipinski definition) is 2. The van der Waals surface area contributed by atoms with Crippen molar-refractivity contribution in [2.75, 3.05) is 5.32 Å². The fourth-order valence-electron chi connectivity index (χ4n) is 1.60. The first kappa shape index (κ1) is 11.1. The smallest absolute Gasteiger partial charge is 0.387 e. The summed E-state index contributed by atoms with van der Waals surface area (Å²) in [6, 6.07) is 5.96. The Morgan fingerprint density at radius 3 is 2.69 bits per heavy atom. The highest BCUT2D eigenvalue weighted by molar-refractivity contribution is 5.49. The number of nitrogens with one attached hydrogen (secondary N) is 1. The van der Waals surface area contributed by atoms with Gasteiger partial charge in [-0.15, -0.1) is 0 Å². The van der Waals surface area contributed by atoms with E-state index in [0.29, 0.717) is 12.1 Å². The van der Waals surface area contributed by atoms with Crippen LogP contribution in [-0.4, -0.2) is 18.8 Å². The highest BCUT2D eigenvalue weighted by atomic mass is 19.3. The third-order valence-electron chi connectivity index (χ3n) is 2.60. The summed E-state index contributed by atoms with van der Waals surface area (Å²) in [4.78, 5) is 0. The molecule has 88 valence electrons. The maximum absolute atomic E-state index is 13.0. The first-order chi connectivity index (χ1) is 7.65. The second kappa shape index (κ2) is 4.63. The molecule has 1 aromatic carbocycles. The number of benzene rings is 1. The van der Waals surface area contributed by atoms with E-state index >= 15 is 0 Å². The standard InChI is InChI=1S/C11H12F3NO/c12-9-4-5-10(9)15-7-2-1-3-8(6-7)16-11(13)14/h1-3,6,9-11,15H,4-5H2. The van der Waals surface area contributed by atoms with Crippen LogP contribution in [-0.2, 0) is 0 Å². The fraction of sp³-hybridized carbons (Fsp3) is 0.455. The Kier molecular flexibility index (Phi) is 3.22. The Morgan fingerprint density at radius 1 is 1.31 bits per heavy atom. The fourth-order valence-corrected chi connectivity index (χ4v) is 1.60. The van der Waals surface area contributed by atoms with Crippen molar-refractivity contribution in [1.29, 1.82) is 0 Å². The maximum Gasteiger partial charge on any atom is 0.387 e. The van der Waals surface area contributed by atoms with Crippen LogP contribution in [0.1, 0.15) is 12.8 Å². The van der Waals surface area contributed by atoms with E-state index in [4.69, 9.17) is 0 Å². The molecule has 16 heavy (non-hydrogen) atoms. The van der Waals surface area contributed by atoms with Gasteiger partial charge >= 0.3 is 6.61 Å². The second-order valence-electron chi connectivity index (χ2n) is 3.75. The van der Waals surface area contributed by atoms with Crippen LogP contribution in [0.25, 0.3) is 0 Å². The van der Waals surface area contributed by atoms with Crippen molar-refractivity contribution < 1.29 is 17.9 Å². The summed E-state index contributed by atoms with van der Waals surface area (Å²) in [5.41, 5.74) is 0.602. The highest BCUT2D eigenvalue weighted by Crippen LogP contribution is 2.28. The lowest BCUT2D eigenvalue weighted by atomic mass is 9.90. The predicted octanol–water partition coefficient (Wildman–Crippen LogP) is 3.20. The van der Waals surface area contributed by atoms with Crippen LogP contribution < -0.4 is 10.1 Å². The third kappa shape index (κ3) is 2.59. The van der Waals surface area contributed by atoms with Crippen LogP contribution >= 0.6 is 0 Å². The van der Waals surface area contributed by atoms with Crippen molar-refractivity contribution in [3.05, 3.63) is 24.3 Å². The van der Waals surface area contributed by atoms with Gasteiger partial charge in [-0.25, -0.2) is 4.39 Å². The molecule has 0 spiro atoms. The molecule has 0 bridgehead atoms. The van der Waals surface area contributed by atoms with E-state index in [1.54, 1.807) is 12.1 Å². The molecule has 1 aliphatic rings. The van der Waals surface area contributed by atoms with Gasteiger partial charge in [0.2, 0.25) is 0 Å². The summed E-state index contributed by atoms with van der Waals surface area (Å²) in [5.74, 6) is 0.0785. The van der Waals surface area contributed by atoms with Crippen molar-refractivity contribution in [1.82, 2.24) is 0 Å². The first-order valence-corrected chi connectivity index (χ1v) is 5.10. The van der Waals surface area contributed by atoms with Crippen LogP contribution in [0.4, 0.5) is 18.9 Å². The SMILES string of the molecule is FC(F)Oc1cccc(NC2CCC2F)c1. The average Bonchev–Trinajstić information content (AvgIpc) is 2.23. The molecule has 0 aliphatic heterocycles. The van der Waals surface area contributed by atoms with Gasteiger partial charge in [-0.05, 0) is 25.0 Å². The Hall–Kier alpha value is -1.39. The minimum Gasteiger partial charge on any atom is -0.435 e. The molecular weight excluding hydrogens is 219 g/mol. The lowest BCUT2D eigenvalue weighted by Gasteiger charge is -2.32. The lowest BCUT2D eigenvalue weighted by molar-refractivity contribution is -0.0498. The van der Waals surface area contributed by atoms with E-state index in [1.807, 2.05) is 0 Å². The van der Waals surface area contributed by atoms with E-state index in [2.05, 4.69) is 10.1 Å². The summed E-state index contributed by atoms with van der Waals surface area (Å²) in [5, 5.41) is 2.94. The van der Waals surface area contributed by atoms with Gasteiger partial charge in [-0.1, -0.05) is 6.07 Å². The van der Waals surface area contributed by atoms with Crippen molar-refractivity contribution in [3.8, 4) is 5.75 Å². The minimum absolute atomic E-state index is 0.0785. The second-order valence-corrected chi connectivity index (χ2v) is 3.75. The molecule has 1 fully saturated rings. The van der Waals surface area contributed by atoms with E-state index in [0.717, 1.165) is 6.42 Å². The zero-order chi connectivity index (χ0) is 11.5. The molecule has 1 N–H and O–H groups in total. The van der Waals surface area contributed by atoms with Gasteiger partial charge in [-0.2, -0.15) is 8.78 Å². The van der Waals surface area contributed by atoms with Gasteiger partial charge in [0.05, 0.1) is 6.04 Å². The summed E-state index contributed by atoms with van der Waals surface area (Å²) >= 11 is 0. The topological polar surface area (TPSA) is 21.3 Å². The number of ether oxygens (including phenoxy) is 1. The third-order valence-corrected chi connectivity index (χ3v) is 2.60. The molecule has 5 heteroatoms. The van der Waals surface area contributed by atoms with Crippen LogP contribution in [0.3, 0.4) is 0 Å². The van der Waals surface area contributed by atoms with Gasteiger partial charge in [0.1, 0.15) is 11.9 Å². The molecule has 2 nitrogen and oxygen atoms in total. The Balaban J connectivity index is 1.98. The van der Waals surface area contributed by atoms with Crippen molar-refractivity contribution in [2.45, 2.75) is 31.7 Å². The molecule has 1 saturated carbocycles. The average molecular weight is 231 g/mol. The van der Waals surface area contributed by atoms with Crippen LogP contribution in [0.5, 0.6) is 5.75 Å².